The zero-order chi connectivity index (χ0) is 24.7. The maximum absolute atomic E-state index is 14.5. The molecule has 5 rings (SSSR count). The number of ether oxygens (including phenoxy) is 1. The van der Waals surface area contributed by atoms with Crippen molar-refractivity contribution >= 4 is 29.2 Å². The molecule has 1 fully saturated rings. The van der Waals surface area contributed by atoms with Crippen LogP contribution in [0.15, 0.2) is 53.8 Å². The number of nitrogens with one attached hydrogen (secondary N) is 2. The lowest BCUT2D eigenvalue weighted by Crippen LogP contribution is -2.54. The van der Waals surface area contributed by atoms with Gasteiger partial charge < -0.3 is 19.8 Å². The van der Waals surface area contributed by atoms with Gasteiger partial charge in [0.1, 0.15) is 22.8 Å². The van der Waals surface area contributed by atoms with Crippen molar-refractivity contribution in [1.82, 2.24) is 19.8 Å². The summed E-state index contributed by atoms with van der Waals surface area (Å²) < 4.78 is 21.5. The number of aliphatic imine (C=N–C) groups is 1. The predicted octanol–water partition coefficient (Wildman–Crippen LogP) is 3.52. The number of fused-ring (bicyclic) bond motifs is 1. The molecule has 2 amide bonds. The number of carbonyl (C=O) groups excluding carboxylic acids is 2. The van der Waals surface area contributed by atoms with E-state index in [2.05, 4.69) is 20.8 Å². The molecule has 0 radical (unpaired) electrons. The van der Waals surface area contributed by atoms with E-state index in [0.717, 1.165) is 0 Å². The fraction of sp³-hybridized carbons (Fsp3) is 0.333. The number of benzene rings is 1. The van der Waals surface area contributed by atoms with Crippen molar-refractivity contribution in [2.24, 2.45) is 10.9 Å². The molecule has 1 saturated heterocycles. The molecule has 1 aromatic carbocycles. The molecule has 0 aliphatic carbocycles. The summed E-state index contributed by atoms with van der Waals surface area (Å²) in [5.74, 6) is -0.660. The normalized spacial score (nSPS) is 18.1. The van der Waals surface area contributed by atoms with E-state index < -0.39 is 23.5 Å². The Kier molecular flexibility index (Phi) is 5.64. The van der Waals surface area contributed by atoms with Crippen molar-refractivity contribution in [1.29, 1.82) is 0 Å². The Morgan fingerprint density at radius 2 is 2.03 bits per heavy atom. The van der Waals surface area contributed by atoms with Crippen molar-refractivity contribution in [3.63, 3.8) is 0 Å². The van der Waals surface area contributed by atoms with Crippen LogP contribution in [0.2, 0.25) is 0 Å². The van der Waals surface area contributed by atoms with Crippen molar-refractivity contribution in [2.75, 3.05) is 18.4 Å². The summed E-state index contributed by atoms with van der Waals surface area (Å²) in [5.41, 5.74) is 3.78. The Morgan fingerprint density at radius 1 is 1.23 bits per heavy atom. The van der Waals surface area contributed by atoms with Crippen LogP contribution in [0.3, 0.4) is 0 Å². The van der Waals surface area contributed by atoms with Crippen LogP contribution in [-0.2, 0) is 9.57 Å². The Labute approximate surface area is 200 Å². The Bertz CT molecular complexity index is 1330. The number of hydrogen-bond acceptors (Lipinski definition) is 7. The fourth-order valence-electron chi connectivity index (χ4n) is 3.83. The number of anilines is 1. The molecule has 35 heavy (non-hydrogen) atoms. The molecule has 2 aromatic heterocycles. The quantitative estimate of drug-likeness (QED) is 0.591. The number of rotatable bonds is 4. The van der Waals surface area contributed by atoms with Crippen molar-refractivity contribution < 1.29 is 23.6 Å². The number of halogens is 1. The molecule has 2 aliphatic heterocycles. The standard InChI is InChI=1S/C24H25FN6O4/c1-24(2,3)34-23(33)30-12-15(13-30)22-28-20(29-35-22)14-7-8-16(25)17(10-14)27-21(32)18-11-26-19-6-4-5-9-31(18)19/h4-11,15,20,29H,12-13H2,1-3H3,(H,27,32). The number of likely N-dealkylation sites (tertiary alicyclic amines) is 1. The van der Waals surface area contributed by atoms with Crippen LogP contribution in [0.4, 0.5) is 14.9 Å². The number of hydrogen-bond donors (Lipinski definition) is 2. The van der Waals surface area contributed by atoms with Crippen LogP contribution in [0.1, 0.15) is 43.0 Å². The molecule has 4 heterocycles. The summed E-state index contributed by atoms with van der Waals surface area (Å²) in [7, 11) is 0. The number of amides is 2. The summed E-state index contributed by atoms with van der Waals surface area (Å²) in [6, 6.07) is 9.72. The van der Waals surface area contributed by atoms with Gasteiger partial charge in [-0.2, -0.15) is 0 Å². The molecular weight excluding hydrogens is 455 g/mol. The third-order valence-corrected chi connectivity index (χ3v) is 5.62. The second-order valence-electron chi connectivity index (χ2n) is 9.44. The van der Waals surface area contributed by atoms with E-state index in [1.807, 2.05) is 26.8 Å². The summed E-state index contributed by atoms with van der Waals surface area (Å²) in [5, 5.41) is 2.61. The molecule has 1 unspecified atom stereocenters. The van der Waals surface area contributed by atoms with Gasteiger partial charge in [-0.25, -0.2) is 19.2 Å². The Hall–Kier alpha value is -3.99. The molecule has 2 N–H and O–H groups in total. The highest BCUT2D eigenvalue weighted by Crippen LogP contribution is 2.29. The first-order chi connectivity index (χ1) is 16.7. The maximum Gasteiger partial charge on any atom is 0.410 e. The number of pyridine rings is 1. The van der Waals surface area contributed by atoms with Gasteiger partial charge in [0.15, 0.2) is 6.17 Å². The minimum absolute atomic E-state index is 0.0172. The summed E-state index contributed by atoms with van der Waals surface area (Å²) in [6.07, 6.45) is 2.20. The summed E-state index contributed by atoms with van der Waals surface area (Å²) >= 11 is 0. The van der Waals surface area contributed by atoms with Gasteiger partial charge in [-0.1, -0.05) is 12.1 Å². The van der Waals surface area contributed by atoms with Gasteiger partial charge in [0.2, 0.25) is 5.90 Å². The minimum Gasteiger partial charge on any atom is -0.444 e. The van der Waals surface area contributed by atoms with Gasteiger partial charge in [0, 0.05) is 19.3 Å². The highest BCUT2D eigenvalue weighted by Gasteiger charge is 2.40. The predicted molar refractivity (Wildman–Crippen MR) is 125 cm³/mol. The molecule has 1 atom stereocenters. The Balaban J connectivity index is 1.25. The first-order valence-corrected chi connectivity index (χ1v) is 11.2. The van der Waals surface area contributed by atoms with Crippen LogP contribution in [0.5, 0.6) is 0 Å². The minimum atomic E-state index is -0.578. The van der Waals surface area contributed by atoms with E-state index in [1.54, 1.807) is 33.7 Å². The third-order valence-electron chi connectivity index (χ3n) is 5.62. The lowest BCUT2D eigenvalue weighted by molar-refractivity contribution is 0.00392. The van der Waals surface area contributed by atoms with Gasteiger partial charge in [0.05, 0.1) is 17.8 Å². The highest BCUT2D eigenvalue weighted by atomic mass is 19.1. The molecule has 10 nitrogen and oxygen atoms in total. The van der Waals surface area contributed by atoms with Crippen molar-refractivity contribution in [2.45, 2.75) is 32.5 Å². The average Bonchev–Trinajstić information content (AvgIpc) is 3.40. The number of nitrogens with zero attached hydrogens (tertiary/aromatic N) is 4. The molecule has 0 spiro atoms. The number of carbonyl (C=O) groups is 2. The zero-order valence-corrected chi connectivity index (χ0v) is 19.5. The van der Waals surface area contributed by atoms with Crippen molar-refractivity contribution in [3.8, 4) is 0 Å². The largest absolute Gasteiger partial charge is 0.444 e. The monoisotopic (exact) mass is 480 g/mol. The van der Waals surface area contributed by atoms with E-state index in [1.165, 1.54) is 18.3 Å². The lowest BCUT2D eigenvalue weighted by atomic mass is 10.0. The number of hydroxylamine groups is 1. The Morgan fingerprint density at radius 3 is 2.80 bits per heavy atom. The van der Waals surface area contributed by atoms with E-state index in [-0.39, 0.29) is 23.4 Å². The maximum atomic E-state index is 14.5. The number of aromatic nitrogens is 2. The molecule has 2 aliphatic rings. The fourth-order valence-corrected chi connectivity index (χ4v) is 3.83. The lowest BCUT2D eigenvalue weighted by Gasteiger charge is -2.38. The van der Waals surface area contributed by atoms with Gasteiger partial charge in [-0.3, -0.25) is 9.20 Å². The van der Waals surface area contributed by atoms with E-state index in [4.69, 9.17) is 9.57 Å². The second kappa shape index (κ2) is 8.66. The van der Waals surface area contributed by atoms with E-state index >= 15 is 0 Å². The van der Waals surface area contributed by atoms with E-state index in [0.29, 0.717) is 30.2 Å². The van der Waals surface area contributed by atoms with Crippen LogP contribution < -0.4 is 10.8 Å². The van der Waals surface area contributed by atoms with Crippen molar-refractivity contribution in [3.05, 3.63) is 65.9 Å². The zero-order valence-electron chi connectivity index (χ0n) is 19.5. The SMILES string of the molecule is CC(C)(C)OC(=O)N1CC(C2=NC(c3ccc(F)c(NC(=O)c4cnc5ccccn45)c3)NO2)C1. The topological polar surface area (TPSA) is 110 Å². The van der Waals surface area contributed by atoms with Gasteiger partial charge in [-0.05, 0) is 50.6 Å². The molecule has 0 bridgehead atoms. The van der Waals surface area contributed by atoms with Gasteiger partial charge >= 0.3 is 6.09 Å². The third kappa shape index (κ3) is 4.67. The van der Waals surface area contributed by atoms with Gasteiger partial charge in [-0.15, -0.1) is 5.48 Å². The molecule has 3 aromatic rings. The first-order valence-electron chi connectivity index (χ1n) is 11.2. The average molecular weight is 481 g/mol. The second-order valence-corrected chi connectivity index (χ2v) is 9.44. The van der Waals surface area contributed by atoms with E-state index in [9.17, 15) is 14.0 Å². The molecule has 0 saturated carbocycles. The van der Waals surface area contributed by atoms with Crippen LogP contribution in [0, 0.1) is 11.7 Å². The molecule has 11 heteroatoms. The first kappa shape index (κ1) is 22.8. The number of imidazole rings is 1. The highest BCUT2D eigenvalue weighted by molar-refractivity contribution is 6.03. The smallest absolute Gasteiger partial charge is 0.410 e. The van der Waals surface area contributed by atoms with Gasteiger partial charge in [0.25, 0.3) is 5.91 Å². The van der Waals surface area contributed by atoms with Crippen LogP contribution >= 0.6 is 0 Å². The van der Waals surface area contributed by atoms with Crippen LogP contribution in [0.25, 0.3) is 5.65 Å². The summed E-state index contributed by atoms with van der Waals surface area (Å²) in [4.78, 5) is 40.8. The summed E-state index contributed by atoms with van der Waals surface area (Å²) in [6.45, 7) is 6.33. The molecule has 182 valence electrons. The van der Waals surface area contributed by atoms with Crippen LogP contribution in [-0.4, -0.2) is 50.9 Å². The molecular formula is C24H25FN6O4.